The molecule has 4 heteroatoms. The monoisotopic (exact) mass is 270 g/mol. The van der Waals surface area contributed by atoms with Gasteiger partial charge in [-0.1, -0.05) is 23.8 Å². The predicted octanol–water partition coefficient (Wildman–Crippen LogP) is 2.67. The van der Waals surface area contributed by atoms with Crippen LogP contribution in [0, 0.1) is 6.92 Å². The van der Waals surface area contributed by atoms with E-state index < -0.39 is 0 Å². The fourth-order valence-corrected chi connectivity index (χ4v) is 1.94. The molecule has 0 aromatic heterocycles. The Morgan fingerprint density at radius 2 is 1.85 bits per heavy atom. The first-order chi connectivity index (χ1) is 9.60. The molecule has 0 atom stereocenters. The highest BCUT2D eigenvalue weighted by Gasteiger charge is 2.11. The molecular weight excluding hydrogens is 252 g/mol. The zero-order chi connectivity index (χ0) is 14.5. The molecule has 0 spiro atoms. The summed E-state index contributed by atoms with van der Waals surface area (Å²) in [4.78, 5) is 12.1. The lowest BCUT2D eigenvalue weighted by molar-refractivity contribution is 0.102. The number of hydrogen-bond acceptors (Lipinski definition) is 3. The zero-order valence-electron chi connectivity index (χ0n) is 11.6. The number of phenolic OH excluding ortho intramolecular Hbond substituents is 1. The largest absolute Gasteiger partial charge is 0.507 e. The van der Waals surface area contributed by atoms with Crippen molar-refractivity contribution in [3.05, 3.63) is 59.2 Å². The van der Waals surface area contributed by atoms with Crippen LogP contribution in [-0.4, -0.2) is 18.1 Å². The fourth-order valence-electron chi connectivity index (χ4n) is 1.94. The quantitative estimate of drug-likeness (QED) is 0.800. The zero-order valence-corrected chi connectivity index (χ0v) is 11.6. The number of carbonyl (C=O) groups is 1. The van der Waals surface area contributed by atoms with Gasteiger partial charge in [-0.15, -0.1) is 0 Å². The van der Waals surface area contributed by atoms with E-state index in [4.69, 9.17) is 0 Å². The van der Waals surface area contributed by atoms with Crippen LogP contribution in [0.1, 0.15) is 21.5 Å². The summed E-state index contributed by atoms with van der Waals surface area (Å²) in [5.74, 6) is -0.326. The van der Waals surface area contributed by atoms with E-state index >= 15 is 0 Å². The highest BCUT2D eigenvalue weighted by Crippen LogP contribution is 2.20. The van der Waals surface area contributed by atoms with Crippen molar-refractivity contribution in [2.24, 2.45) is 0 Å². The van der Waals surface area contributed by atoms with E-state index in [0.29, 0.717) is 5.69 Å². The summed E-state index contributed by atoms with van der Waals surface area (Å²) in [7, 11) is 1.89. The average molecular weight is 270 g/mol. The van der Waals surface area contributed by atoms with E-state index in [2.05, 4.69) is 10.6 Å². The van der Waals surface area contributed by atoms with Gasteiger partial charge in [0.1, 0.15) is 5.75 Å². The maximum atomic E-state index is 12.1. The molecule has 0 bridgehead atoms. The van der Waals surface area contributed by atoms with Crippen molar-refractivity contribution in [3.63, 3.8) is 0 Å². The van der Waals surface area contributed by atoms with Crippen LogP contribution < -0.4 is 10.6 Å². The molecular formula is C16H18N2O2. The molecule has 104 valence electrons. The Kier molecular flexibility index (Phi) is 4.38. The molecule has 0 aliphatic heterocycles. The first-order valence-electron chi connectivity index (χ1n) is 6.44. The van der Waals surface area contributed by atoms with Gasteiger partial charge in [0.25, 0.3) is 5.91 Å². The van der Waals surface area contributed by atoms with Gasteiger partial charge in [-0.3, -0.25) is 4.79 Å². The fraction of sp³-hybridized carbons (Fsp3) is 0.188. The number of benzene rings is 2. The summed E-state index contributed by atoms with van der Waals surface area (Å²) < 4.78 is 0. The van der Waals surface area contributed by atoms with Crippen LogP contribution in [0.4, 0.5) is 5.69 Å². The second-order valence-corrected chi connectivity index (χ2v) is 4.70. The van der Waals surface area contributed by atoms with Gasteiger partial charge in [0.15, 0.2) is 0 Å². The molecule has 0 unspecified atom stereocenters. The molecule has 3 N–H and O–H groups in total. The molecule has 0 heterocycles. The standard InChI is InChI=1S/C16H18N2O2/c1-11-3-8-15(19)14(9-11)16(20)18-13-6-4-12(5-7-13)10-17-2/h3-9,17,19H,10H2,1-2H3,(H,18,20). The summed E-state index contributed by atoms with van der Waals surface area (Å²) >= 11 is 0. The number of hydrogen-bond donors (Lipinski definition) is 3. The Morgan fingerprint density at radius 1 is 1.15 bits per heavy atom. The first-order valence-corrected chi connectivity index (χ1v) is 6.44. The Hall–Kier alpha value is -2.33. The van der Waals surface area contributed by atoms with Crippen molar-refractivity contribution in [3.8, 4) is 5.75 Å². The van der Waals surface area contributed by atoms with Gasteiger partial charge in [0.05, 0.1) is 5.56 Å². The van der Waals surface area contributed by atoms with Crippen molar-refractivity contribution in [2.75, 3.05) is 12.4 Å². The van der Waals surface area contributed by atoms with Crippen LogP contribution in [0.5, 0.6) is 5.75 Å². The van der Waals surface area contributed by atoms with Crippen LogP contribution in [0.3, 0.4) is 0 Å². The van der Waals surface area contributed by atoms with E-state index in [0.717, 1.165) is 17.7 Å². The molecule has 0 radical (unpaired) electrons. The molecule has 20 heavy (non-hydrogen) atoms. The Morgan fingerprint density at radius 3 is 2.50 bits per heavy atom. The van der Waals surface area contributed by atoms with Crippen LogP contribution in [-0.2, 0) is 6.54 Å². The van der Waals surface area contributed by atoms with Gasteiger partial charge in [0.2, 0.25) is 0 Å². The number of carbonyl (C=O) groups excluding carboxylic acids is 1. The number of amides is 1. The minimum Gasteiger partial charge on any atom is -0.507 e. The SMILES string of the molecule is CNCc1ccc(NC(=O)c2cc(C)ccc2O)cc1. The van der Waals surface area contributed by atoms with E-state index in [9.17, 15) is 9.90 Å². The molecule has 2 aromatic rings. The third kappa shape index (κ3) is 3.36. The van der Waals surface area contributed by atoms with Crippen LogP contribution in [0.25, 0.3) is 0 Å². The van der Waals surface area contributed by atoms with Crippen molar-refractivity contribution in [2.45, 2.75) is 13.5 Å². The molecule has 0 aliphatic carbocycles. The highest BCUT2D eigenvalue weighted by atomic mass is 16.3. The summed E-state index contributed by atoms with van der Waals surface area (Å²) in [6.45, 7) is 2.66. The molecule has 4 nitrogen and oxygen atoms in total. The van der Waals surface area contributed by atoms with Crippen molar-refractivity contribution in [1.29, 1.82) is 0 Å². The van der Waals surface area contributed by atoms with Crippen LogP contribution >= 0.6 is 0 Å². The van der Waals surface area contributed by atoms with Crippen LogP contribution in [0.2, 0.25) is 0 Å². The van der Waals surface area contributed by atoms with Gasteiger partial charge in [-0.25, -0.2) is 0 Å². The summed E-state index contributed by atoms with van der Waals surface area (Å²) in [5, 5.41) is 15.6. The minimum atomic E-state index is -0.312. The molecule has 1 amide bonds. The smallest absolute Gasteiger partial charge is 0.259 e. The lowest BCUT2D eigenvalue weighted by Gasteiger charge is -2.08. The molecule has 0 fully saturated rings. The van der Waals surface area contributed by atoms with E-state index in [-0.39, 0.29) is 17.2 Å². The third-order valence-corrected chi connectivity index (χ3v) is 2.99. The van der Waals surface area contributed by atoms with Crippen LogP contribution in [0.15, 0.2) is 42.5 Å². The van der Waals surface area contributed by atoms with Gasteiger partial charge in [-0.2, -0.15) is 0 Å². The predicted molar refractivity (Wildman–Crippen MR) is 80.0 cm³/mol. The number of rotatable bonds is 4. The maximum absolute atomic E-state index is 12.1. The normalized spacial score (nSPS) is 10.3. The summed E-state index contributed by atoms with van der Waals surface area (Å²) in [6, 6.07) is 12.5. The van der Waals surface area contributed by atoms with E-state index in [1.807, 2.05) is 38.2 Å². The Bertz CT molecular complexity index is 606. The number of anilines is 1. The lowest BCUT2D eigenvalue weighted by Crippen LogP contribution is -2.12. The minimum absolute atomic E-state index is 0.0140. The number of aryl methyl sites for hydroxylation is 1. The molecule has 0 aliphatic rings. The molecule has 0 saturated heterocycles. The Labute approximate surface area is 118 Å². The van der Waals surface area contributed by atoms with Crippen molar-refractivity contribution < 1.29 is 9.90 Å². The average Bonchev–Trinajstić information content (AvgIpc) is 2.44. The molecule has 2 aromatic carbocycles. The maximum Gasteiger partial charge on any atom is 0.259 e. The number of aromatic hydroxyl groups is 1. The highest BCUT2D eigenvalue weighted by molar-refractivity contribution is 6.06. The second kappa shape index (κ2) is 6.21. The second-order valence-electron chi connectivity index (χ2n) is 4.70. The lowest BCUT2D eigenvalue weighted by atomic mass is 10.1. The molecule has 0 saturated carbocycles. The van der Waals surface area contributed by atoms with Crippen molar-refractivity contribution in [1.82, 2.24) is 5.32 Å². The van der Waals surface area contributed by atoms with E-state index in [1.165, 1.54) is 6.07 Å². The number of nitrogens with one attached hydrogen (secondary N) is 2. The Balaban J connectivity index is 2.13. The first kappa shape index (κ1) is 14.1. The van der Waals surface area contributed by atoms with Crippen molar-refractivity contribution >= 4 is 11.6 Å². The molecule has 2 rings (SSSR count). The summed E-state index contributed by atoms with van der Waals surface area (Å²) in [5.41, 5.74) is 3.06. The number of phenols is 1. The van der Waals surface area contributed by atoms with E-state index in [1.54, 1.807) is 12.1 Å². The third-order valence-electron chi connectivity index (χ3n) is 2.99. The topological polar surface area (TPSA) is 61.4 Å². The van der Waals surface area contributed by atoms with Gasteiger partial charge in [0, 0.05) is 12.2 Å². The van der Waals surface area contributed by atoms with Gasteiger partial charge in [-0.05, 0) is 43.8 Å². The van der Waals surface area contributed by atoms with Gasteiger partial charge < -0.3 is 15.7 Å². The summed E-state index contributed by atoms with van der Waals surface area (Å²) in [6.07, 6.45) is 0. The van der Waals surface area contributed by atoms with Gasteiger partial charge >= 0.3 is 0 Å².